The van der Waals surface area contributed by atoms with E-state index in [-0.39, 0.29) is 0 Å². The number of nitrogens with one attached hydrogen (secondary N) is 1. The van der Waals surface area contributed by atoms with Crippen LogP contribution in [-0.4, -0.2) is 17.6 Å². The Morgan fingerprint density at radius 1 is 1.40 bits per heavy atom. The molecule has 2 nitrogen and oxygen atoms in total. The second kappa shape index (κ2) is 3.78. The summed E-state index contributed by atoms with van der Waals surface area (Å²) in [6, 6.07) is 4.79. The molecule has 2 heterocycles. The molecule has 1 fully saturated rings. The van der Waals surface area contributed by atoms with Gasteiger partial charge in [-0.2, -0.15) is 0 Å². The summed E-state index contributed by atoms with van der Waals surface area (Å²) in [6.07, 6.45) is 10.1. The lowest BCUT2D eigenvalue weighted by Gasteiger charge is -2.34. The lowest BCUT2D eigenvalue weighted by Crippen LogP contribution is -2.39. The van der Waals surface area contributed by atoms with Crippen molar-refractivity contribution < 1.29 is 0 Å². The Morgan fingerprint density at radius 3 is 3.20 bits per heavy atom. The molecular formula is C13H16N2. The van der Waals surface area contributed by atoms with Gasteiger partial charge in [0.15, 0.2) is 0 Å². The van der Waals surface area contributed by atoms with Crippen LogP contribution in [0.2, 0.25) is 0 Å². The standard InChI is InChI=1S/C13H16N2/c1-2-11(9-14-4-1)12-6-10-3-5-15-13(7-10)8-12/h1-2,4,8-10,13,15H,3,5-7H2. The Hall–Kier alpha value is -1.15. The van der Waals surface area contributed by atoms with Gasteiger partial charge < -0.3 is 5.32 Å². The quantitative estimate of drug-likeness (QED) is 0.752. The van der Waals surface area contributed by atoms with Crippen LogP contribution < -0.4 is 5.32 Å². The fourth-order valence-corrected chi connectivity index (χ4v) is 2.73. The van der Waals surface area contributed by atoms with Crippen molar-refractivity contribution in [3.63, 3.8) is 0 Å². The molecule has 0 aromatic carbocycles. The number of piperidine rings is 1. The van der Waals surface area contributed by atoms with Gasteiger partial charge in [-0.3, -0.25) is 4.98 Å². The highest BCUT2D eigenvalue weighted by atomic mass is 14.9. The van der Waals surface area contributed by atoms with Gasteiger partial charge in [0.1, 0.15) is 0 Å². The Labute approximate surface area is 90.4 Å². The van der Waals surface area contributed by atoms with E-state index in [1.807, 2.05) is 18.5 Å². The molecule has 15 heavy (non-hydrogen) atoms. The number of nitrogens with zero attached hydrogens (tertiary/aromatic N) is 1. The Bertz CT molecular complexity index is 369. The molecule has 1 N–H and O–H groups in total. The zero-order chi connectivity index (χ0) is 10.1. The van der Waals surface area contributed by atoms with Crippen LogP contribution in [-0.2, 0) is 0 Å². The summed E-state index contributed by atoms with van der Waals surface area (Å²) in [5.74, 6) is 0.886. The maximum absolute atomic E-state index is 4.19. The summed E-state index contributed by atoms with van der Waals surface area (Å²) in [5, 5.41) is 3.55. The molecule has 2 atom stereocenters. The van der Waals surface area contributed by atoms with Crippen LogP contribution >= 0.6 is 0 Å². The lowest BCUT2D eigenvalue weighted by molar-refractivity contribution is 0.327. The number of fused-ring (bicyclic) bond motifs is 2. The number of pyridine rings is 1. The predicted molar refractivity (Wildman–Crippen MR) is 61.3 cm³/mol. The molecule has 3 rings (SSSR count). The van der Waals surface area contributed by atoms with Gasteiger partial charge in [0.2, 0.25) is 0 Å². The van der Waals surface area contributed by atoms with Crippen LogP contribution in [0.25, 0.3) is 5.57 Å². The van der Waals surface area contributed by atoms with E-state index in [0.717, 1.165) is 5.92 Å². The molecule has 2 unspecified atom stereocenters. The van der Waals surface area contributed by atoms with E-state index < -0.39 is 0 Å². The van der Waals surface area contributed by atoms with Crippen molar-refractivity contribution in [2.75, 3.05) is 6.54 Å². The van der Waals surface area contributed by atoms with E-state index >= 15 is 0 Å². The Balaban J connectivity index is 1.91. The highest BCUT2D eigenvalue weighted by Gasteiger charge is 2.26. The molecule has 0 radical (unpaired) electrons. The molecule has 2 bridgehead atoms. The highest BCUT2D eigenvalue weighted by molar-refractivity contribution is 5.66. The Kier molecular flexibility index (Phi) is 2.29. The first-order valence-electron chi connectivity index (χ1n) is 5.76. The van der Waals surface area contributed by atoms with Gasteiger partial charge in [-0.05, 0) is 48.9 Å². The van der Waals surface area contributed by atoms with Crippen molar-refractivity contribution in [3.8, 4) is 0 Å². The third-order valence-electron chi connectivity index (χ3n) is 3.49. The van der Waals surface area contributed by atoms with E-state index in [9.17, 15) is 0 Å². The maximum Gasteiger partial charge on any atom is 0.0342 e. The highest BCUT2D eigenvalue weighted by Crippen LogP contribution is 2.34. The Morgan fingerprint density at radius 2 is 2.40 bits per heavy atom. The number of hydrogen-bond donors (Lipinski definition) is 1. The van der Waals surface area contributed by atoms with Crippen LogP contribution in [0.15, 0.2) is 30.6 Å². The van der Waals surface area contributed by atoms with E-state index in [1.165, 1.54) is 36.9 Å². The van der Waals surface area contributed by atoms with Gasteiger partial charge in [-0.1, -0.05) is 12.1 Å². The van der Waals surface area contributed by atoms with E-state index in [0.29, 0.717) is 6.04 Å². The first kappa shape index (κ1) is 9.10. The first-order valence-corrected chi connectivity index (χ1v) is 5.76. The van der Waals surface area contributed by atoms with Crippen LogP contribution in [0.1, 0.15) is 24.8 Å². The minimum Gasteiger partial charge on any atom is -0.310 e. The van der Waals surface area contributed by atoms with E-state index in [2.05, 4.69) is 22.4 Å². The third-order valence-corrected chi connectivity index (χ3v) is 3.49. The topological polar surface area (TPSA) is 24.9 Å². The SMILES string of the molecule is C1=C(c2cccnc2)CC2CCNC1C2. The second-order valence-electron chi connectivity index (χ2n) is 4.59. The minimum absolute atomic E-state index is 0.604. The fraction of sp³-hybridized carbons (Fsp3) is 0.462. The molecule has 1 saturated heterocycles. The minimum atomic E-state index is 0.604. The molecular weight excluding hydrogens is 184 g/mol. The third kappa shape index (κ3) is 1.82. The van der Waals surface area contributed by atoms with Gasteiger partial charge in [0.25, 0.3) is 0 Å². The van der Waals surface area contributed by atoms with Crippen molar-refractivity contribution in [1.82, 2.24) is 10.3 Å². The summed E-state index contributed by atoms with van der Waals surface area (Å²) in [6.45, 7) is 1.19. The van der Waals surface area contributed by atoms with Crippen molar-refractivity contribution in [1.29, 1.82) is 0 Å². The van der Waals surface area contributed by atoms with Crippen molar-refractivity contribution in [2.45, 2.75) is 25.3 Å². The lowest BCUT2D eigenvalue weighted by atomic mass is 9.79. The molecule has 2 aliphatic rings. The zero-order valence-electron chi connectivity index (χ0n) is 8.82. The normalized spacial score (nSPS) is 29.7. The average molecular weight is 200 g/mol. The van der Waals surface area contributed by atoms with Crippen molar-refractivity contribution in [2.24, 2.45) is 5.92 Å². The predicted octanol–water partition coefficient (Wildman–Crippen LogP) is 2.24. The van der Waals surface area contributed by atoms with Gasteiger partial charge in [-0.15, -0.1) is 0 Å². The zero-order valence-corrected chi connectivity index (χ0v) is 8.82. The van der Waals surface area contributed by atoms with Crippen molar-refractivity contribution in [3.05, 3.63) is 36.2 Å². The van der Waals surface area contributed by atoms with Gasteiger partial charge >= 0.3 is 0 Å². The summed E-state index contributed by atoms with van der Waals surface area (Å²) in [7, 11) is 0. The molecule has 1 aliphatic heterocycles. The fourth-order valence-electron chi connectivity index (χ4n) is 2.73. The van der Waals surface area contributed by atoms with Crippen LogP contribution in [0.5, 0.6) is 0 Å². The van der Waals surface area contributed by atoms with Crippen LogP contribution in [0, 0.1) is 5.92 Å². The van der Waals surface area contributed by atoms with Crippen molar-refractivity contribution >= 4 is 5.57 Å². The summed E-state index contributed by atoms with van der Waals surface area (Å²) in [4.78, 5) is 4.19. The van der Waals surface area contributed by atoms with Gasteiger partial charge in [0.05, 0.1) is 0 Å². The van der Waals surface area contributed by atoms with Gasteiger partial charge in [0, 0.05) is 18.4 Å². The molecule has 78 valence electrons. The summed E-state index contributed by atoms with van der Waals surface area (Å²) < 4.78 is 0. The monoisotopic (exact) mass is 200 g/mol. The summed E-state index contributed by atoms with van der Waals surface area (Å²) >= 11 is 0. The average Bonchev–Trinajstić information content (AvgIpc) is 2.30. The molecule has 1 aliphatic carbocycles. The second-order valence-corrected chi connectivity index (χ2v) is 4.59. The maximum atomic E-state index is 4.19. The molecule has 1 aromatic heterocycles. The van der Waals surface area contributed by atoms with E-state index in [1.54, 1.807) is 0 Å². The molecule has 0 amide bonds. The molecule has 0 spiro atoms. The smallest absolute Gasteiger partial charge is 0.0342 e. The molecule has 2 heteroatoms. The molecule has 0 saturated carbocycles. The van der Waals surface area contributed by atoms with Crippen LogP contribution in [0.4, 0.5) is 0 Å². The largest absolute Gasteiger partial charge is 0.310 e. The number of aromatic nitrogens is 1. The number of rotatable bonds is 1. The van der Waals surface area contributed by atoms with E-state index in [4.69, 9.17) is 0 Å². The van der Waals surface area contributed by atoms with Gasteiger partial charge in [-0.25, -0.2) is 0 Å². The molecule has 1 aromatic rings. The number of allylic oxidation sites excluding steroid dienone is 1. The first-order chi connectivity index (χ1) is 7.42. The van der Waals surface area contributed by atoms with Crippen LogP contribution in [0.3, 0.4) is 0 Å². The summed E-state index contributed by atoms with van der Waals surface area (Å²) in [5.41, 5.74) is 2.78. The number of hydrogen-bond acceptors (Lipinski definition) is 2.